The molecule has 3 heteroatoms. The molecule has 0 saturated heterocycles. The van der Waals surface area contributed by atoms with E-state index in [1.54, 1.807) is 0 Å². The third kappa shape index (κ3) is 9.83. The fraction of sp³-hybridized carbons (Fsp3) is 0.548. The number of rotatable bonds is 11. The zero-order chi connectivity index (χ0) is 24.8. The second kappa shape index (κ2) is 14.8. The number of hydrogen-bond acceptors (Lipinski definition) is 2. The Balaban J connectivity index is 0.000000287. The molecule has 34 heavy (non-hydrogen) atoms. The van der Waals surface area contributed by atoms with Crippen molar-refractivity contribution in [1.29, 1.82) is 0 Å². The van der Waals surface area contributed by atoms with Crippen LogP contribution in [0.1, 0.15) is 95.2 Å². The number of Topliss-reactive ketones (excluding diaryl/α,β-unsaturated/α-hetero) is 1. The highest BCUT2D eigenvalue weighted by Crippen LogP contribution is 2.42. The van der Waals surface area contributed by atoms with Gasteiger partial charge in [-0.05, 0) is 80.9 Å². The summed E-state index contributed by atoms with van der Waals surface area (Å²) in [5.74, 6) is 0.378. The van der Waals surface area contributed by atoms with Crippen LogP contribution in [0.4, 0.5) is 0 Å². The summed E-state index contributed by atoms with van der Waals surface area (Å²) in [5, 5.41) is 8.39. The highest BCUT2D eigenvalue weighted by Gasteiger charge is 2.36. The van der Waals surface area contributed by atoms with Crippen molar-refractivity contribution in [3.8, 4) is 0 Å². The van der Waals surface area contributed by atoms with Gasteiger partial charge in [0.25, 0.3) is 0 Å². The van der Waals surface area contributed by atoms with Gasteiger partial charge in [0.1, 0.15) is 5.78 Å². The van der Waals surface area contributed by atoms with Crippen molar-refractivity contribution in [2.45, 2.75) is 97.8 Å². The summed E-state index contributed by atoms with van der Waals surface area (Å²) in [6, 6.07) is 19.0. The molecule has 1 N–H and O–H groups in total. The molecule has 1 saturated carbocycles. The molecule has 3 rings (SSSR count). The van der Waals surface area contributed by atoms with Crippen molar-refractivity contribution in [2.24, 2.45) is 11.3 Å². The van der Waals surface area contributed by atoms with Crippen LogP contribution in [0.15, 0.2) is 54.6 Å². The van der Waals surface area contributed by atoms with E-state index in [9.17, 15) is 9.59 Å². The predicted octanol–water partition coefficient (Wildman–Crippen LogP) is 7.84. The van der Waals surface area contributed by atoms with Gasteiger partial charge >= 0.3 is 5.97 Å². The minimum Gasteiger partial charge on any atom is -0.481 e. The molecule has 0 aromatic heterocycles. The Morgan fingerprint density at radius 1 is 0.912 bits per heavy atom. The van der Waals surface area contributed by atoms with Crippen molar-refractivity contribution in [3.05, 3.63) is 71.3 Å². The maximum Gasteiger partial charge on any atom is 0.303 e. The van der Waals surface area contributed by atoms with Gasteiger partial charge in [0.2, 0.25) is 0 Å². The van der Waals surface area contributed by atoms with Gasteiger partial charge in [-0.1, -0.05) is 87.7 Å². The first-order valence-electron chi connectivity index (χ1n) is 13.2. The topological polar surface area (TPSA) is 54.4 Å². The van der Waals surface area contributed by atoms with Crippen LogP contribution in [0, 0.1) is 11.3 Å². The second-order valence-electron chi connectivity index (χ2n) is 10.1. The summed E-state index contributed by atoms with van der Waals surface area (Å²) in [6.07, 6.45) is 12.4. The molecule has 1 atom stereocenters. The van der Waals surface area contributed by atoms with E-state index in [2.05, 4.69) is 38.1 Å². The average Bonchev–Trinajstić information content (AvgIpc) is 2.84. The van der Waals surface area contributed by atoms with Gasteiger partial charge in [-0.25, -0.2) is 0 Å². The molecule has 186 valence electrons. The van der Waals surface area contributed by atoms with Crippen LogP contribution >= 0.6 is 0 Å². The molecule has 2 aromatic rings. The zero-order valence-corrected chi connectivity index (χ0v) is 21.5. The molecule has 0 spiro atoms. The third-order valence-corrected chi connectivity index (χ3v) is 7.39. The molecule has 1 fully saturated rings. The van der Waals surface area contributed by atoms with Crippen molar-refractivity contribution in [3.63, 3.8) is 0 Å². The first-order valence-corrected chi connectivity index (χ1v) is 13.2. The van der Waals surface area contributed by atoms with E-state index in [1.165, 1.54) is 42.4 Å². The number of carboxylic acid groups (broad SMARTS) is 1. The monoisotopic (exact) mass is 464 g/mol. The number of carbonyl (C=O) groups is 2. The lowest BCUT2D eigenvalue weighted by Gasteiger charge is -2.35. The molecule has 1 aliphatic carbocycles. The van der Waals surface area contributed by atoms with Crippen LogP contribution in [0.25, 0.3) is 0 Å². The number of benzene rings is 2. The summed E-state index contributed by atoms with van der Waals surface area (Å²) in [5.41, 5.74) is 4.07. The normalized spacial score (nSPS) is 15.6. The lowest BCUT2D eigenvalue weighted by atomic mass is 9.68. The molecule has 0 heterocycles. The minimum atomic E-state index is -0.717. The number of ketones is 1. The highest BCUT2D eigenvalue weighted by molar-refractivity contribution is 5.82. The molecular formula is C31H44O3. The summed E-state index contributed by atoms with van der Waals surface area (Å²) in [4.78, 5) is 22.4. The minimum absolute atomic E-state index is 0.0125. The van der Waals surface area contributed by atoms with Crippen LogP contribution in [0.3, 0.4) is 0 Å². The van der Waals surface area contributed by atoms with Crippen LogP contribution in [-0.2, 0) is 28.9 Å². The van der Waals surface area contributed by atoms with Crippen LogP contribution < -0.4 is 0 Å². The smallest absolute Gasteiger partial charge is 0.303 e. The molecule has 1 aliphatic rings. The van der Waals surface area contributed by atoms with E-state index < -0.39 is 5.97 Å². The van der Waals surface area contributed by atoms with E-state index in [0.29, 0.717) is 11.7 Å². The number of aliphatic carboxylic acids is 1. The molecule has 0 aliphatic heterocycles. The predicted molar refractivity (Wildman–Crippen MR) is 141 cm³/mol. The van der Waals surface area contributed by atoms with E-state index in [1.807, 2.05) is 37.3 Å². The van der Waals surface area contributed by atoms with Gasteiger partial charge in [-0.2, -0.15) is 0 Å². The van der Waals surface area contributed by atoms with Crippen LogP contribution in [0.5, 0.6) is 0 Å². The van der Waals surface area contributed by atoms with Crippen LogP contribution in [0.2, 0.25) is 0 Å². The Bertz CT molecular complexity index is 848. The Morgan fingerprint density at radius 3 is 2.09 bits per heavy atom. The Hall–Kier alpha value is -2.42. The lowest BCUT2D eigenvalue weighted by Crippen LogP contribution is -2.32. The van der Waals surface area contributed by atoms with Gasteiger partial charge in [-0.15, -0.1) is 0 Å². The molecular weight excluding hydrogens is 420 g/mol. The standard InChI is InChI=1S/C21H32O.C10H12O2/c1-4-19-8-10-20(11-9-19)16-17(2)12-15-21(18(3)22)13-6-5-7-14-21;11-10(12)8-4-7-9-5-2-1-3-6-9/h8-11,17H,4-7,12-16H2,1-3H3;1-3,5-6H,4,7-8H2,(H,11,12). The number of carboxylic acids is 1. The largest absolute Gasteiger partial charge is 0.481 e. The maximum absolute atomic E-state index is 12.2. The first-order chi connectivity index (χ1) is 16.3. The summed E-state index contributed by atoms with van der Waals surface area (Å²) in [6.45, 7) is 6.35. The maximum atomic E-state index is 12.2. The van der Waals surface area contributed by atoms with E-state index >= 15 is 0 Å². The molecule has 0 bridgehead atoms. The molecule has 3 nitrogen and oxygen atoms in total. The van der Waals surface area contributed by atoms with Gasteiger partial charge < -0.3 is 5.11 Å². The SMILES string of the molecule is CCc1ccc(CC(C)CCC2(C(C)=O)CCCCC2)cc1.O=C(O)CCCc1ccccc1. The zero-order valence-electron chi connectivity index (χ0n) is 21.5. The number of hydrogen-bond donors (Lipinski definition) is 1. The van der Waals surface area contributed by atoms with Crippen molar-refractivity contribution in [2.75, 3.05) is 0 Å². The van der Waals surface area contributed by atoms with Crippen LogP contribution in [-0.4, -0.2) is 16.9 Å². The van der Waals surface area contributed by atoms with Crippen molar-refractivity contribution >= 4 is 11.8 Å². The molecule has 0 radical (unpaired) electrons. The fourth-order valence-electron chi connectivity index (χ4n) is 5.03. The van der Waals surface area contributed by atoms with E-state index in [4.69, 9.17) is 5.11 Å². The average molecular weight is 465 g/mol. The molecule has 0 amide bonds. The Morgan fingerprint density at radius 2 is 1.53 bits per heavy atom. The summed E-state index contributed by atoms with van der Waals surface area (Å²) in [7, 11) is 0. The van der Waals surface area contributed by atoms with Gasteiger partial charge in [0.15, 0.2) is 0 Å². The van der Waals surface area contributed by atoms with E-state index in [0.717, 1.165) is 44.9 Å². The second-order valence-corrected chi connectivity index (χ2v) is 10.1. The number of carbonyl (C=O) groups excluding carboxylic acids is 1. The van der Waals surface area contributed by atoms with Crippen molar-refractivity contribution in [1.82, 2.24) is 0 Å². The summed E-state index contributed by atoms with van der Waals surface area (Å²) < 4.78 is 0. The van der Waals surface area contributed by atoms with Gasteiger partial charge in [0.05, 0.1) is 0 Å². The van der Waals surface area contributed by atoms with E-state index in [-0.39, 0.29) is 11.8 Å². The fourth-order valence-corrected chi connectivity index (χ4v) is 5.03. The highest BCUT2D eigenvalue weighted by atomic mass is 16.4. The van der Waals surface area contributed by atoms with Crippen molar-refractivity contribution < 1.29 is 14.7 Å². The third-order valence-electron chi connectivity index (χ3n) is 7.39. The molecule has 2 aromatic carbocycles. The lowest BCUT2D eigenvalue weighted by molar-refractivity contribution is -0.137. The number of aryl methyl sites for hydroxylation is 2. The first kappa shape index (κ1) is 27.8. The molecule has 1 unspecified atom stereocenters. The van der Waals surface area contributed by atoms with Gasteiger partial charge in [-0.3, -0.25) is 9.59 Å². The quantitative estimate of drug-likeness (QED) is 0.368. The summed E-state index contributed by atoms with van der Waals surface area (Å²) >= 11 is 0. The Labute approximate surface area is 207 Å². The Kier molecular flexibility index (Phi) is 12.1. The van der Waals surface area contributed by atoms with Gasteiger partial charge in [0, 0.05) is 11.8 Å².